The lowest BCUT2D eigenvalue weighted by Gasteiger charge is -2.11. The van der Waals surface area contributed by atoms with E-state index in [1.807, 2.05) is 66.7 Å². The largest absolute Gasteiger partial charge is 0.487 e. The Hall–Kier alpha value is -1.96. The Morgan fingerprint density at radius 1 is 0.931 bits per heavy atom. The van der Waals surface area contributed by atoms with Gasteiger partial charge in [-0.3, -0.25) is 4.79 Å². The summed E-state index contributed by atoms with van der Waals surface area (Å²) in [5.41, 5.74) is 5.38. The molecule has 148 valence electrons. The zero-order valence-corrected chi connectivity index (χ0v) is 20.0. The number of rotatable bonds is 7. The Morgan fingerprint density at radius 2 is 1.59 bits per heavy atom. The molecule has 0 bridgehead atoms. The lowest BCUT2D eigenvalue weighted by atomic mass is 10.1. The van der Waals surface area contributed by atoms with Gasteiger partial charge < -0.3 is 4.74 Å². The molecule has 0 saturated carbocycles. The van der Waals surface area contributed by atoms with Crippen molar-refractivity contribution in [3.63, 3.8) is 0 Å². The maximum absolute atomic E-state index is 12.0. The van der Waals surface area contributed by atoms with Crippen LogP contribution in [-0.2, 0) is 17.8 Å². The van der Waals surface area contributed by atoms with Gasteiger partial charge in [-0.25, -0.2) is 5.43 Å². The highest BCUT2D eigenvalue weighted by Gasteiger charge is 2.09. The summed E-state index contributed by atoms with van der Waals surface area (Å²) in [6, 6.07) is 21.3. The van der Waals surface area contributed by atoms with Gasteiger partial charge in [0.1, 0.15) is 12.4 Å². The maximum atomic E-state index is 12.0. The van der Waals surface area contributed by atoms with Crippen molar-refractivity contribution in [2.24, 2.45) is 5.10 Å². The molecule has 0 radical (unpaired) electrons. The van der Waals surface area contributed by atoms with E-state index in [4.69, 9.17) is 4.74 Å². The van der Waals surface area contributed by atoms with E-state index in [0.29, 0.717) is 12.4 Å². The molecular formula is C22H17Br3N2O2. The van der Waals surface area contributed by atoms with Gasteiger partial charge in [-0.05, 0) is 72.8 Å². The first-order chi connectivity index (χ1) is 14.0. The number of nitrogens with one attached hydrogen (secondary N) is 1. The van der Waals surface area contributed by atoms with Crippen LogP contribution in [0.3, 0.4) is 0 Å². The molecule has 0 aromatic heterocycles. The van der Waals surface area contributed by atoms with Gasteiger partial charge in [0.15, 0.2) is 0 Å². The maximum Gasteiger partial charge on any atom is 0.244 e. The SMILES string of the molecule is O=C(Cc1ccc(Br)cc1)N/N=C/c1cc(Br)c(OCc2ccccc2)c(Br)c1. The van der Waals surface area contributed by atoms with Crippen LogP contribution in [0.25, 0.3) is 0 Å². The van der Waals surface area contributed by atoms with Crippen molar-refractivity contribution in [3.8, 4) is 5.75 Å². The van der Waals surface area contributed by atoms with Crippen molar-refractivity contribution < 1.29 is 9.53 Å². The van der Waals surface area contributed by atoms with E-state index >= 15 is 0 Å². The van der Waals surface area contributed by atoms with Gasteiger partial charge in [0.05, 0.1) is 21.6 Å². The molecule has 0 saturated heterocycles. The number of benzene rings is 3. The normalized spacial score (nSPS) is 10.9. The third-order valence-electron chi connectivity index (χ3n) is 3.93. The second kappa shape index (κ2) is 10.7. The standard InChI is InChI=1S/C22H17Br3N2O2/c23-18-8-6-15(7-9-18)12-21(28)27-26-13-17-10-19(24)22(20(25)11-17)29-14-16-4-2-1-3-5-16/h1-11,13H,12,14H2,(H,27,28)/b26-13+. The first-order valence-electron chi connectivity index (χ1n) is 8.73. The summed E-state index contributed by atoms with van der Waals surface area (Å²) in [4.78, 5) is 12.0. The summed E-state index contributed by atoms with van der Waals surface area (Å²) in [5.74, 6) is 0.537. The molecular weight excluding hydrogens is 564 g/mol. The molecule has 1 N–H and O–H groups in total. The van der Waals surface area contributed by atoms with E-state index in [2.05, 4.69) is 58.3 Å². The highest BCUT2D eigenvalue weighted by atomic mass is 79.9. The summed E-state index contributed by atoms with van der Waals surface area (Å²) in [6.07, 6.45) is 1.86. The van der Waals surface area contributed by atoms with E-state index in [1.165, 1.54) is 0 Å². The number of halogens is 3. The van der Waals surface area contributed by atoms with Gasteiger partial charge in [0, 0.05) is 4.47 Å². The van der Waals surface area contributed by atoms with Crippen LogP contribution in [0.4, 0.5) is 0 Å². The molecule has 3 aromatic rings. The van der Waals surface area contributed by atoms with Gasteiger partial charge in [0.2, 0.25) is 5.91 Å². The fraction of sp³-hybridized carbons (Fsp3) is 0.0909. The zero-order chi connectivity index (χ0) is 20.6. The summed E-state index contributed by atoms with van der Waals surface area (Å²) in [6.45, 7) is 0.470. The minimum atomic E-state index is -0.176. The quantitative estimate of drug-likeness (QED) is 0.265. The second-order valence-electron chi connectivity index (χ2n) is 6.18. The monoisotopic (exact) mass is 578 g/mol. The molecule has 3 aromatic carbocycles. The van der Waals surface area contributed by atoms with Crippen LogP contribution < -0.4 is 10.2 Å². The third-order valence-corrected chi connectivity index (χ3v) is 5.63. The lowest BCUT2D eigenvalue weighted by molar-refractivity contribution is -0.120. The Morgan fingerprint density at radius 3 is 2.24 bits per heavy atom. The van der Waals surface area contributed by atoms with Crippen LogP contribution in [0.2, 0.25) is 0 Å². The van der Waals surface area contributed by atoms with E-state index in [0.717, 1.165) is 30.1 Å². The number of hydrogen-bond donors (Lipinski definition) is 1. The Labute approximate surface area is 194 Å². The average Bonchev–Trinajstić information content (AvgIpc) is 2.70. The van der Waals surface area contributed by atoms with Gasteiger partial charge >= 0.3 is 0 Å². The minimum Gasteiger partial charge on any atom is -0.487 e. The molecule has 0 spiro atoms. The van der Waals surface area contributed by atoms with Crippen molar-refractivity contribution in [1.82, 2.24) is 5.43 Å². The molecule has 4 nitrogen and oxygen atoms in total. The van der Waals surface area contributed by atoms with Crippen molar-refractivity contribution in [2.45, 2.75) is 13.0 Å². The number of amides is 1. The van der Waals surface area contributed by atoms with Crippen LogP contribution in [-0.4, -0.2) is 12.1 Å². The topological polar surface area (TPSA) is 50.7 Å². The van der Waals surface area contributed by atoms with Gasteiger partial charge in [0.25, 0.3) is 0 Å². The molecule has 0 atom stereocenters. The molecule has 0 heterocycles. The summed E-state index contributed by atoms with van der Waals surface area (Å²) < 4.78 is 8.49. The van der Waals surface area contributed by atoms with Crippen LogP contribution in [0, 0.1) is 0 Å². The van der Waals surface area contributed by atoms with Crippen molar-refractivity contribution in [1.29, 1.82) is 0 Å². The second-order valence-corrected chi connectivity index (χ2v) is 8.81. The van der Waals surface area contributed by atoms with E-state index in [9.17, 15) is 4.79 Å². The van der Waals surface area contributed by atoms with E-state index in [-0.39, 0.29) is 12.3 Å². The van der Waals surface area contributed by atoms with Crippen molar-refractivity contribution in [2.75, 3.05) is 0 Å². The minimum absolute atomic E-state index is 0.176. The molecule has 29 heavy (non-hydrogen) atoms. The van der Waals surface area contributed by atoms with Crippen LogP contribution in [0.5, 0.6) is 5.75 Å². The number of ether oxygens (including phenoxy) is 1. The van der Waals surface area contributed by atoms with Crippen molar-refractivity contribution >= 4 is 59.9 Å². The fourth-order valence-electron chi connectivity index (χ4n) is 2.53. The predicted octanol–water partition coefficient (Wildman–Crippen LogP) is 6.25. The molecule has 7 heteroatoms. The predicted molar refractivity (Wildman–Crippen MR) is 126 cm³/mol. The number of nitrogens with zero attached hydrogens (tertiary/aromatic N) is 1. The zero-order valence-electron chi connectivity index (χ0n) is 15.2. The highest BCUT2D eigenvalue weighted by Crippen LogP contribution is 2.35. The number of carbonyl (C=O) groups is 1. The first-order valence-corrected chi connectivity index (χ1v) is 11.1. The molecule has 0 aliphatic heterocycles. The van der Waals surface area contributed by atoms with Crippen LogP contribution >= 0.6 is 47.8 Å². The van der Waals surface area contributed by atoms with Gasteiger partial charge in [-0.15, -0.1) is 0 Å². The first kappa shape index (κ1) is 21.7. The Bertz CT molecular complexity index is 983. The molecule has 0 aliphatic carbocycles. The third kappa shape index (κ3) is 6.80. The summed E-state index contributed by atoms with van der Waals surface area (Å²) in [7, 11) is 0. The smallest absolute Gasteiger partial charge is 0.244 e. The molecule has 3 rings (SSSR count). The number of hydrazone groups is 1. The van der Waals surface area contributed by atoms with Gasteiger partial charge in [-0.1, -0.05) is 58.4 Å². The molecule has 0 unspecified atom stereocenters. The lowest BCUT2D eigenvalue weighted by Crippen LogP contribution is -2.19. The molecule has 0 aliphatic rings. The highest BCUT2D eigenvalue weighted by molar-refractivity contribution is 9.11. The van der Waals surface area contributed by atoms with Crippen molar-refractivity contribution in [3.05, 3.63) is 96.8 Å². The number of carbonyl (C=O) groups excluding carboxylic acids is 1. The Balaban J connectivity index is 1.57. The summed E-state index contributed by atoms with van der Waals surface area (Å²) in [5, 5.41) is 4.04. The molecule has 1 amide bonds. The van der Waals surface area contributed by atoms with E-state index in [1.54, 1.807) is 6.21 Å². The van der Waals surface area contributed by atoms with Crippen LogP contribution in [0.15, 0.2) is 85.2 Å². The van der Waals surface area contributed by atoms with Crippen LogP contribution in [0.1, 0.15) is 16.7 Å². The Kier molecular flexibility index (Phi) is 8.03. The summed E-state index contributed by atoms with van der Waals surface area (Å²) >= 11 is 10.4. The molecule has 0 fully saturated rings. The average molecular weight is 581 g/mol. The van der Waals surface area contributed by atoms with E-state index < -0.39 is 0 Å². The van der Waals surface area contributed by atoms with Gasteiger partial charge in [-0.2, -0.15) is 5.10 Å². The fourth-order valence-corrected chi connectivity index (χ4v) is 4.24. The number of hydrogen-bond acceptors (Lipinski definition) is 3.